The van der Waals surface area contributed by atoms with E-state index in [2.05, 4.69) is 13.8 Å². The normalized spacial score (nSPS) is 10.8. The van der Waals surface area contributed by atoms with Crippen molar-refractivity contribution in [3.05, 3.63) is 5.32 Å². The van der Waals surface area contributed by atoms with E-state index in [1.807, 2.05) is 0 Å². The average Bonchev–Trinajstić information content (AvgIpc) is 2.63. The molecule has 0 aliphatic heterocycles. The summed E-state index contributed by atoms with van der Waals surface area (Å²) >= 11 is 0. The molecule has 2 heteroatoms. The molecule has 0 saturated heterocycles. The van der Waals surface area contributed by atoms with E-state index in [-0.39, 0.29) is 29.6 Å². The molecule has 0 rings (SSSR count). The van der Waals surface area contributed by atoms with Crippen molar-refractivity contribution in [2.75, 3.05) is 13.1 Å². The van der Waals surface area contributed by atoms with Gasteiger partial charge in [0.2, 0.25) is 0 Å². The molecule has 152 valence electrons. The van der Waals surface area contributed by atoms with Crippen molar-refractivity contribution in [2.45, 2.75) is 142 Å². The molecule has 0 N–H and O–H groups in total. The number of rotatable bonds is 22. The van der Waals surface area contributed by atoms with Gasteiger partial charge >= 0.3 is 29.6 Å². The molecule has 0 saturated carbocycles. The molecule has 0 aliphatic rings. The van der Waals surface area contributed by atoms with Crippen LogP contribution in [0.3, 0.4) is 0 Å². The summed E-state index contributed by atoms with van der Waals surface area (Å²) in [5.41, 5.74) is 0. The first-order valence-corrected chi connectivity index (χ1v) is 12.0. The van der Waals surface area contributed by atoms with Crippen LogP contribution in [-0.2, 0) is 0 Å². The molecule has 0 bridgehead atoms. The zero-order valence-corrected chi connectivity index (χ0v) is 21.0. The fraction of sp³-hybridized carbons (Fsp3) is 1.00. The Morgan fingerprint density at radius 2 is 0.577 bits per heavy atom. The largest absolute Gasteiger partial charge is 1.00 e. The van der Waals surface area contributed by atoms with Crippen LogP contribution in [0.4, 0.5) is 0 Å². The molecular weight excluding hydrogens is 325 g/mol. The van der Waals surface area contributed by atoms with Gasteiger partial charge in [0.1, 0.15) is 0 Å². The summed E-state index contributed by atoms with van der Waals surface area (Å²) in [5, 5.41) is 4.71. The third kappa shape index (κ3) is 27.2. The maximum atomic E-state index is 4.71. The van der Waals surface area contributed by atoms with Crippen molar-refractivity contribution < 1.29 is 29.6 Å². The molecule has 0 aromatic carbocycles. The van der Waals surface area contributed by atoms with Gasteiger partial charge < -0.3 is 5.32 Å². The van der Waals surface area contributed by atoms with Gasteiger partial charge in [-0.1, -0.05) is 142 Å². The molecule has 0 atom stereocenters. The van der Waals surface area contributed by atoms with E-state index in [4.69, 9.17) is 5.32 Å². The molecule has 0 aromatic heterocycles. The smallest absolute Gasteiger partial charge is 0.662 e. The Kier molecular flexibility index (Phi) is 31.6. The zero-order chi connectivity index (χ0) is 18.3. The predicted octanol–water partition coefficient (Wildman–Crippen LogP) is 6.21. The van der Waals surface area contributed by atoms with Crippen LogP contribution in [0, 0.1) is 0 Å². The molecular formula is C24H50NNa. The second-order valence-corrected chi connectivity index (χ2v) is 8.03. The minimum absolute atomic E-state index is 0. The van der Waals surface area contributed by atoms with E-state index in [1.165, 1.54) is 128 Å². The quantitative estimate of drug-likeness (QED) is 0.158. The SMILES string of the molecule is CCCCCCCCCCCC[N-]CCCCCCCCCCCC.[Na+]. The molecule has 0 radical (unpaired) electrons. The first-order chi connectivity index (χ1) is 12.4. The molecule has 0 fully saturated rings. The van der Waals surface area contributed by atoms with Crippen LogP contribution in [-0.4, -0.2) is 13.1 Å². The van der Waals surface area contributed by atoms with Crippen LogP contribution in [0.5, 0.6) is 0 Å². The van der Waals surface area contributed by atoms with Gasteiger partial charge in [0.15, 0.2) is 0 Å². The fourth-order valence-corrected chi connectivity index (χ4v) is 3.53. The van der Waals surface area contributed by atoms with Crippen molar-refractivity contribution >= 4 is 0 Å². The number of hydrogen-bond acceptors (Lipinski definition) is 0. The van der Waals surface area contributed by atoms with E-state index < -0.39 is 0 Å². The Hall–Kier alpha value is 0.960. The summed E-state index contributed by atoms with van der Waals surface area (Å²) < 4.78 is 0. The van der Waals surface area contributed by atoms with Crippen LogP contribution in [0.1, 0.15) is 142 Å². The molecule has 0 aliphatic carbocycles. The van der Waals surface area contributed by atoms with Crippen LogP contribution in [0.15, 0.2) is 0 Å². The minimum Gasteiger partial charge on any atom is -0.662 e. The second-order valence-electron chi connectivity index (χ2n) is 8.03. The van der Waals surface area contributed by atoms with Crippen molar-refractivity contribution in [3.8, 4) is 0 Å². The van der Waals surface area contributed by atoms with Crippen LogP contribution >= 0.6 is 0 Å². The summed E-state index contributed by atoms with van der Waals surface area (Å²) in [5.74, 6) is 0. The number of hydrogen-bond donors (Lipinski definition) is 0. The first kappa shape index (κ1) is 29.2. The Bertz CT molecular complexity index is 198. The Morgan fingerprint density at radius 3 is 0.846 bits per heavy atom. The van der Waals surface area contributed by atoms with E-state index in [0.717, 1.165) is 13.1 Å². The number of nitrogens with zero attached hydrogens (tertiary/aromatic N) is 1. The van der Waals surface area contributed by atoms with E-state index in [9.17, 15) is 0 Å². The minimum atomic E-state index is 0. The third-order valence-electron chi connectivity index (χ3n) is 5.34. The fourth-order valence-electron chi connectivity index (χ4n) is 3.53. The van der Waals surface area contributed by atoms with Gasteiger partial charge in [-0.3, -0.25) is 0 Å². The monoisotopic (exact) mass is 375 g/mol. The van der Waals surface area contributed by atoms with Gasteiger partial charge in [-0.15, -0.1) is 13.1 Å². The molecule has 26 heavy (non-hydrogen) atoms. The Labute approximate surface area is 189 Å². The van der Waals surface area contributed by atoms with Gasteiger partial charge in [0, 0.05) is 0 Å². The summed E-state index contributed by atoms with van der Waals surface area (Å²) in [7, 11) is 0. The Morgan fingerprint density at radius 1 is 0.346 bits per heavy atom. The third-order valence-corrected chi connectivity index (χ3v) is 5.34. The van der Waals surface area contributed by atoms with Gasteiger partial charge in [-0.05, 0) is 0 Å². The summed E-state index contributed by atoms with van der Waals surface area (Å²) in [6, 6.07) is 0. The standard InChI is InChI=1S/C24H50N.Na/c1-3-5-7-9-11-13-15-17-19-21-23-25-24-22-20-18-16-14-12-10-8-6-4-2;/h3-24H2,1-2H3;/q-1;+1. The zero-order valence-electron chi connectivity index (χ0n) is 19.0. The maximum absolute atomic E-state index is 4.71. The molecule has 0 aromatic rings. The number of unbranched alkanes of at least 4 members (excludes halogenated alkanes) is 18. The van der Waals surface area contributed by atoms with Crippen LogP contribution in [0.2, 0.25) is 0 Å². The van der Waals surface area contributed by atoms with Crippen molar-refractivity contribution in [1.29, 1.82) is 0 Å². The first-order valence-electron chi connectivity index (χ1n) is 12.0. The van der Waals surface area contributed by atoms with Crippen molar-refractivity contribution in [3.63, 3.8) is 0 Å². The molecule has 0 spiro atoms. The van der Waals surface area contributed by atoms with Gasteiger partial charge in [0.05, 0.1) is 0 Å². The van der Waals surface area contributed by atoms with E-state index in [1.54, 1.807) is 0 Å². The summed E-state index contributed by atoms with van der Waals surface area (Å²) in [6.07, 6.45) is 28.5. The van der Waals surface area contributed by atoms with Crippen molar-refractivity contribution in [1.82, 2.24) is 0 Å². The van der Waals surface area contributed by atoms with Crippen LogP contribution < -0.4 is 29.6 Å². The topological polar surface area (TPSA) is 14.1 Å². The molecule has 1 nitrogen and oxygen atoms in total. The van der Waals surface area contributed by atoms with Gasteiger partial charge in [-0.25, -0.2) is 0 Å². The Balaban J connectivity index is 0. The summed E-state index contributed by atoms with van der Waals surface area (Å²) in [6.45, 7) is 6.82. The predicted molar refractivity (Wildman–Crippen MR) is 117 cm³/mol. The van der Waals surface area contributed by atoms with Crippen molar-refractivity contribution in [2.24, 2.45) is 0 Å². The van der Waals surface area contributed by atoms with E-state index in [0.29, 0.717) is 0 Å². The molecule has 0 unspecified atom stereocenters. The van der Waals surface area contributed by atoms with E-state index >= 15 is 0 Å². The van der Waals surface area contributed by atoms with Gasteiger partial charge in [-0.2, -0.15) is 0 Å². The molecule has 0 heterocycles. The second kappa shape index (κ2) is 28.2. The van der Waals surface area contributed by atoms with Gasteiger partial charge in [0.25, 0.3) is 0 Å². The summed E-state index contributed by atoms with van der Waals surface area (Å²) in [4.78, 5) is 0. The maximum Gasteiger partial charge on any atom is 1.00 e. The van der Waals surface area contributed by atoms with Crippen LogP contribution in [0.25, 0.3) is 5.32 Å². The molecule has 0 amide bonds. The average molecular weight is 376 g/mol.